The van der Waals surface area contributed by atoms with Crippen molar-refractivity contribution in [2.45, 2.75) is 31.4 Å². The van der Waals surface area contributed by atoms with Gasteiger partial charge in [-0.15, -0.1) is 0 Å². The molecule has 1 amide bonds. The first kappa shape index (κ1) is 19.8. The van der Waals surface area contributed by atoms with Gasteiger partial charge in [-0.2, -0.15) is 0 Å². The van der Waals surface area contributed by atoms with Crippen LogP contribution in [-0.4, -0.2) is 60.8 Å². The number of nitrogens with zero attached hydrogens (tertiary/aromatic N) is 2. The lowest BCUT2D eigenvalue weighted by atomic mass is 9.98. The molecular formula is C19H26N2O5S. The Bertz CT molecular complexity index is 781. The van der Waals surface area contributed by atoms with Gasteiger partial charge < -0.3 is 10.0 Å². The number of aliphatic carboxylic acids is 1. The van der Waals surface area contributed by atoms with E-state index in [4.69, 9.17) is 5.11 Å². The Balaban J connectivity index is 1.60. The van der Waals surface area contributed by atoms with Crippen LogP contribution in [0, 0.1) is 11.8 Å². The largest absolute Gasteiger partial charge is 0.481 e. The Morgan fingerprint density at radius 2 is 1.81 bits per heavy atom. The number of hydrogen-bond donors (Lipinski definition) is 1. The van der Waals surface area contributed by atoms with Crippen LogP contribution in [0.4, 0.5) is 0 Å². The Kier molecular flexibility index (Phi) is 6.16. The Labute approximate surface area is 160 Å². The van der Waals surface area contributed by atoms with Crippen LogP contribution in [0.3, 0.4) is 0 Å². The highest BCUT2D eigenvalue weighted by Gasteiger charge is 2.36. The highest BCUT2D eigenvalue weighted by molar-refractivity contribution is 7.88. The monoisotopic (exact) mass is 394 g/mol. The zero-order valence-corrected chi connectivity index (χ0v) is 16.1. The van der Waals surface area contributed by atoms with E-state index in [0.717, 1.165) is 5.56 Å². The molecule has 1 aromatic rings. The van der Waals surface area contributed by atoms with Gasteiger partial charge in [-0.25, -0.2) is 12.7 Å². The van der Waals surface area contributed by atoms with Crippen molar-refractivity contribution in [3.63, 3.8) is 0 Å². The van der Waals surface area contributed by atoms with Crippen LogP contribution in [0.15, 0.2) is 30.3 Å². The lowest BCUT2D eigenvalue weighted by Crippen LogP contribution is -2.46. The quantitative estimate of drug-likeness (QED) is 0.790. The summed E-state index contributed by atoms with van der Waals surface area (Å²) in [7, 11) is -3.47. The molecule has 0 saturated carbocycles. The molecule has 2 aliphatic heterocycles. The van der Waals surface area contributed by atoms with Crippen molar-refractivity contribution in [3.05, 3.63) is 35.9 Å². The summed E-state index contributed by atoms with van der Waals surface area (Å²) in [6.45, 7) is 1.68. The minimum atomic E-state index is -3.47. The molecule has 0 bridgehead atoms. The van der Waals surface area contributed by atoms with E-state index >= 15 is 0 Å². The fourth-order valence-electron chi connectivity index (χ4n) is 3.98. The second-order valence-electron chi connectivity index (χ2n) is 7.48. The molecule has 2 heterocycles. The third-order valence-electron chi connectivity index (χ3n) is 5.38. The minimum absolute atomic E-state index is 0.00652. The first-order chi connectivity index (χ1) is 12.8. The first-order valence-corrected chi connectivity index (χ1v) is 11.0. The third-order valence-corrected chi connectivity index (χ3v) is 7.20. The zero-order valence-electron chi connectivity index (χ0n) is 15.3. The van der Waals surface area contributed by atoms with Crippen LogP contribution in [0.2, 0.25) is 0 Å². The summed E-state index contributed by atoms with van der Waals surface area (Å²) in [5, 5.41) is 8.92. The van der Waals surface area contributed by atoms with Crippen LogP contribution in [0.1, 0.15) is 31.2 Å². The molecule has 0 spiro atoms. The molecule has 1 N–H and O–H groups in total. The Hall–Kier alpha value is -1.93. The predicted molar refractivity (Wildman–Crippen MR) is 100 cm³/mol. The minimum Gasteiger partial charge on any atom is -0.481 e. The first-order valence-electron chi connectivity index (χ1n) is 9.37. The van der Waals surface area contributed by atoms with Gasteiger partial charge in [-0.05, 0) is 30.7 Å². The third kappa shape index (κ3) is 5.07. The van der Waals surface area contributed by atoms with Crippen molar-refractivity contribution in [1.29, 1.82) is 0 Å². The van der Waals surface area contributed by atoms with Gasteiger partial charge in [0, 0.05) is 32.6 Å². The summed E-state index contributed by atoms with van der Waals surface area (Å²) in [6, 6.07) is 9.05. The van der Waals surface area contributed by atoms with Gasteiger partial charge in [0.15, 0.2) is 0 Å². The molecule has 0 aliphatic carbocycles. The number of amides is 1. The van der Waals surface area contributed by atoms with Gasteiger partial charge in [-0.3, -0.25) is 9.59 Å². The number of carbonyl (C=O) groups excluding carboxylic acids is 1. The fraction of sp³-hybridized carbons (Fsp3) is 0.579. The standard InChI is InChI=1S/C19H26N2O5S/c22-18(23)11-16-8-10-20(12-16)19(24)17-7-4-9-21(13-17)27(25,26)14-15-5-2-1-3-6-15/h1-3,5-6,16-17H,4,7-14H2,(H,22,23)/t16-,17?/m1/s1. The SMILES string of the molecule is O=C(O)C[C@H]1CCN(C(=O)C2CCCN(S(=O)(=O)Cc3ccccc3)C2)C1. The molecule has 2 saturated heterocycles. The van der Waals surface area contributed by atoms with Gasteiger partial charge in [0.25, 0.3) is 0 Å². The number of sulfonamides is 1. The Morgan fingerprint density at radius 3 is 2.52 bits per heavy atom. The highest BCUT2D eigenvalue weighted by atomic mass is 32.2. The molecule has 1 unspecified atom stereocenters. The van der Waals surface area contributed by atoms with Gasteiger partial charge in [-0.1, -0.05) is 30.3 Å². The maximum atomic E-state index is 12.8. The lowest BCUT2D eigenvalue weighted by Gasteiger charge is -2.33. The summed E-state index contributed by atoms with van der Waals surface area (Å²) in [6.07, 6.45) is 2.11. The van der Waals surface area contributed by atoms with Gasteiger partial charge in [0.2, 0.25) is 15.9 Å². The molecule has 8 heteroatoms. The number of rotatable bonds is 6. The molecule has 2 fully saturated rings. The van der Waals surface area contributed by atoms with Crippen molar-refractivity contribution >= 4 is 21.9 Å². The van der Waals surface area contributed by atoms with E-state index in [1.165, 1.54) is 4.31 Å². The summed E-state index contributed by atoms with van der Waals surface area (Å²) >= 11 is 0. The molecule has 1 aromatic carbocycles. The Morgan fingerprint density at radius 1 is 1.07 bits per heavy atom. The van der Waals surface area contributed by atoms with E-state index in [-0.39, 0.29) is 36.5 Å². The molecule has 148 valence electrons. The van der Waals surface area contributed by atoms with Crippen LogP contribution < -0.4 is 0 Å². The van der Waals surface area contributed by atoms with Crippen molar-refractivity contribution < 1.29 is 23.1 Å². The molecule has 3 rings (SSSR count). The van der Waals surface area contributed by atoms with Gasteiger partial charge in [0.1, 0.15) is 0 Å². The van der Waals surface area contributed by atoms with Crippen molar-refractivity contribution in [2.24, 2.45) is 11.8 Å². The van der Waals surface area contributed by atoms with E-state index in [2.05, 4.69) is 0 Å². The molecule has 0 radical (unpaired) electrons. The van der Waals surface area contributed by atoms with Crippen LogP contribution in [0.25, 0.3) is 0 Å². The summed E-state index contributed by atoms with van der Waals surface area (Å²) in [4.78, 5) is 25.4. The topological polar surface area (TPSA) is 95.0 Å². The molecule has 2 aliphatic rings. The van der Waals surface area contributed by atoms with E-state index in [1.807, 2.05) is 18.2 Å². The van der Waals surface area contributed by atoms with E-state index in [9.17, 15) is 18.0 Å². The van der Waals surface area contributed by atoms with Crippen LogP contribution in [0.5, 0.6) is 0 Å². The van der Waals surface area contributed by atoms with Gasteiger partial charge >= 0.3 is 5.97 Å². The highest BCUT2D eigenvalue weighted by Crippen LogP contribution is 2.26. The average Bonchev–Trinajstić information content (AvgIpc) is 3.09. The normalized spacial score (nSPS) is 24.1. The zero-order chi connectivity index (χ0) is 19.4. The molecular weight excluding hydrogens is 368 g/mol. The number of carboxylic acids is 1. The molecule has 2 atom stereocenters. The maximum Gasteiger partial charge on any atom is 0.303 e. The smallest absolute Gasteiger partial charge is 0.303 e. The average molecular weight is 394 g/mol. The summed E-state index contributed by atoms with van der Waals surface area (Å²) < 4.78 is 26.9. The number of carbonyl (C=O) groups is 2. The second kappa shape index (κ2) is 8.39. The van der Waals surface area contributed by atoms with Gasteiger partial charge in [0.05, 0.1) is 11.7 Å². The number of piperidine rings is 1. The van der Waals surface area contributed by atoms with Crippen LogP contribution >= 0.6 is 0 Å². The molecule has 27 heavy (non-hydrogen) atoms. The van der Waals surface area contributed by atoms with Crippen LogP contribution in [-0.2, 0) is 25.4 Å². The fourth-order valence-corrected chi connectivity index (χ4v) is 5.59. The van der Waals surface area contributed by atoms with E-state index in [0.29, 0.717) is 38.9 Å². The number of hydrogen-bond acceptors (Lipinski definition) is 4. The van der Waals surface area contributed by atoms with Crippen molar-refractivity contribution in [2.75, 3.05) is 26.2 Å². The predicted octanol–water partition coefficient (Wildman–Crippen LogP) is 1.55. The lowest BCUT2D eigenvalue weighted by molar-refractivity contribution is -0.139. The van der Waals surface area contributed by atoms with E-state index in [1.54, 1.807) is 17.0 Å². The number of likely N-dealkylation sites (tertiary alicyclic amines) is 1. The molecule has 7 nitrogen and oxygen atoms in total. The van der Waals surface area contributed by atoms with Crippen molar-refractivity contribution in [3.8, 4) is 0 Å². The summed E-state index contributed by atoms with van der Waals surface area (Å²) in [5.74, 6) is -1.28. The second-order valence-corrected chi connectivity index (χ2v) is 9.44. The van der Waals surface area contributed by atoms with E-state index < -0.39 is 16.0 Å². The maximum absolute atomic E-state index is 12.8. The number of benzene rings is 1. The summed E-state index contributed by atoms with van der Waals surface area (Å²) in [5.41, 5.74) is 0.738. The number of carboxylic acid groups (broad SMARTS) is 1. The molecule has 0 aromatic heterocycles. The van der Waals surface area contributed by atoms with Crippen molar-refractivity contribution in [1.82, 2.24) is 9.21 Å².